The van der Waals surface area contributed by atoms with Crippen LogP contribution in [0.3, 0.4) is 0 Å². The fourth-order valence-electron chi connectivity index (χ4n) is 4.46. The number of carbonyl (C=O) groups is 3. The van der Waals surface area contributed by atoms with Crippen molar-refractivity contribution in [3.05, 3.63) is 108 Å². The lowest BCUT2D eigenvalue weighted by molar-refractivity contribution is -0.158. The molecule has 1 fully saturated rings. The van der Waals surface area contributed by atoms with E-state index in [4.69, 9.17) is 18.9 Å². The van der Waals surface area contributed by atoms with Crippen molar-refractivity contribution in [2.45, 2.75) is 51.0 Å². The molecule has 0 radical (unpaired) electrons. The van der Waals surface area contributed by atoms with Gasteiger partial charge in [0.1, 0.15) is 19.3 Å². The van der Waals surface area contributed by atoms with Crippen molar-refractivity contribution in [1.29, 1.82) is 0 Å². The van der Waals surface area contributed by atoms with Gasteiger partial charge in [0, 0.05) is 18.9 Å². The summed E-state index contributed by atoms with van der Waals surface area (Å²) in [5.41, 5.74) is 2.12. The number of nitrogens with zero attached hydrogens (tertiary/aromatic N) is 1. The molecule has 3 aromatic rings. The Balaban J connectivity index is 1.41. The number of carbonyl (C=O) groups excluding carboxylic acids is 3. The average molecular weight is 563 g/mol. The van der Waals surface area contributed by atoms with Crippen LogP contribution in [0.5, 0.6) is 0 Å². The Bertz CT molecular complexity index is 1260. The van der Waals surface area contributed by atoms with E-state index in [2.05, 4.69) is 5.32 Å². The second kappa shape index (κ2) is 14.8. The Morgan fingerprint density at radius 3 is 2.05 bits per heavy atom. The van der Waals surface area contributed by atoms with Gasteiger partial charge in [0.15, 0.2) is 6.23 Å². The van der Waals surface area contributed by atoms with Gasteiger partial charge >= 0.3 is 18.2 Å². The van der Waals surface area contributed by atoms with Crippen LogP contribution in [0.4, 0.5) is 9.59 Å². The summed E-state index contributed by atoms with van der Waals surface area (Å²) >= 11 is 0. The summed E-state index contributed by atoms with van der Waals surface area (Å²) in [6, 6.07) is 26.5. The van der Waals surface area contributed by atoms with Crippen LogP contribution < -0.4 is 5.32 Å². The Kier molecular flexibility index (Phi) is 10.7. The minimum absolute atomic E-state index is 0.00259. The molecule has 0 aliphatic carbocycles. The monoisotopic (exact) mass is 562 g/mol. The third-order valence-corrected chi connectivity index (χ3v) is 6.52. The molecule has 1 aliphatic heterocycles. The molecule has 1 aliphatic rings. The Morgan fingerprint density at radius 1 is 0.902 bits per heavy atom. The van der Waals surface area contributed by atoms with Crippen molar-refractivity contribution in [3.63, 3.8) is 0 Å². The highest BCUT2D eigenvalue weighted by Crippen LogP contribution is 2.25. The molecule has 10 heteroatoms. The summed E-state index contributed by atoms with van der Waals surface area (Å²) in [6.45, 7) is 1.33. The van der Waals surface area contributed by atoms with Crippen molar-refractivity contribution in [3.8, 4) is 0 Å². The first-order chi connectivity index (χ1) is 19.9. The maximum absolute atomic E-state index is 13.2. The van der Waals surface area contributed by atoms with Crippen LogP contribution in [0.15, 0.2) is 91.0 Å². The van der Waals surface area contributed by atoms with E-state index in [9.17, 15) is 19.5 Å². The first kappa shape index (κ1) is 29.6. The molecule has 0 bridgehead atoms. The van der Waals surface area contributed by atoms with Crippen LogP contribution in [-0.2, 0) is 37.0 Å². The van der Waals surface area contributed by atoms with Gasteiger partial charge in [-0.05, 0) is 11.1 Å². The Morgan fingerprint density at radius 2 is 1.46 bits per heavy atom. The second-order valence-corrected chi connectivity index (χ2v) is 9.63. The largest absolute Gasteiger partial charge is 0.460 e. The van der Waals surface area contributed by atoms with Crippen LogP contribution in [0.1, 0.15) is 36.3 Å². The summed E-state index contributed by atoms with van der Waals surface area (Å²) < 4.78 is 22.3. The zero-order valence-electron chi connectivity index (χ0n) is 22.8. The van der Waals surface area contributed by atoms with E-state index in [1.807, 2.05) is 60.7 Å². The number of aliphatic hydroxyl groups excluding tert-OH is 1. The van der Waals surface area contributed by atoms with Gasteiger partial charge in [0.25, 0.3) is 0 Å². The normalized spacial score (nSPS) is 18.9. The molecule has 10 nitrogen and oxygen atoms in total. The highest BCUT2D eigenvalue weighted by Gasteiger charge is 2.38. The number of nitrogens with one attached hydrogen (secondary N) is 1. The summed E-state index contributed by atoms with van der Waals surface area (Å²) in [6.07, 6.45) is -3.93. The Labute approximate surface area is 238 Å². The molecule has 3 aromatic carbocycles. The second-order valence-electron chi connectivity index (χ2n) is 9.63. The zero-order valence-corrected chi connectivity index (χ0v) is 22.8. The van der Waals surface area contributed by atoms with E-state index in [0.717, 1.165) is 11.1 Å². The molecule has 1 unspecified atom stereocenters. The molecular weight excluding hydrogens is 528 g/mol. The molecule has 0 aromatic heterocycles. The topological polar surface area (TPSA) is 124 Å². The maximum Gasteiger partial charge on any atom is 0.412 e. The van der Waals surface area contributed by atoms with Gasteiger partial charge < -0.3 is 29.4 Å². The number of rotatable bonds is 10. The molecular formula is C31H34N2O8. The SMILES string of the molecule is CC(=O)O[C@H]1C[C@H](CN(C(=O)OCc2ccccc2)C(O)c2ccccc2)OC[C@@H]1NC(=O)OCc1ccccc1. The number of aliphatic hydroxyl groups is 1. The molecule has 4 rings (SSSR count). The van der Waals surface area contributed by atoms with Crippen molar-refractivity contribution in [2.24, 2.45) is 0 Å². The van der Waals surface area contributed by atoms with Gasteiger partial charge in [-0.15, -0.1) is 0 Å². The maximum atomic E-state index is 13.2. The Hall–Kier alpha value is -4.41. The molecule has 4 atom stereocenters. The molecule has 0 saturated carbocycles. The number of alkyl carbamates (subject to hydrolysis) is 1. The van der Waals surface area contributed by atoms with E-state index in [0.29, 0.717) is 5.56 Å². The third kappa shape index (κ3) is 9.06. The first-order valence-electron chi connectivity index (χ1n) is 13.4. The van der Waals surface area contributed by atoms with Gasteiger partial charge in [-0.25, -0.2) is 9.59 Å². The van der Waals surface area contributed by atoms with Crippen molar-refractivity contribution < 1.29 is 38.4 Å². The minimum Gasteiger partial charge on any atom is -0.460 e. The first-order valence-corrected chi connectivity index (χ1v) is 13.4. The molecule has 216 valence electrons. The highest BCUT2D eigenvalue weighted by atomic mass is 16.6. The van der Waals surface area contributed by atoms with E-state index >= 15 is 0 Å². The zero-order chi connectivity index (χ0) is 29.0. The summed E-state index contributed by atoms with van der Waals surface area (Å²) in [5, 5.41) is 13.8. The predicted molar refractivity (Wildman–Crippen MR) is 148 cm³/mol. The number of hydrogen-bond acceptors (Lipinski definition) is 8. The van der Waals surface area contributed by atoms with E-state index in [1.165, 1.54) is 11.8 Å². The quantitative estimate of drug-likeness (QED) is 0.213. The molecule has 1 saturated heterocycles. The third-order valence-electron chi connectivity index (χ3n) is 6.52. The highest BCUT2D eigenvalue weighted by molar-refractivity contribution is 5.69. The molecule has 1 heterocycles. The molecule has 0 spiro atoms. The summed E-state index contributed by atoms with van der Waals surface area (Å²) in [5.74, 6) is -0.524. The lowest BCUT2D eigenvalue weighted by Crippen LogP contribution is -2.55. The summed E-state index contributed by atoms with van der Waals surface area (Å²) in [4.78, 5) is 38.7. The van der Waals surface area contributed by atoms with Crippen LogP contribution in [0.2, 0.25) is 0 Å². The van der Waals surface area contributed by atoms with Crippen LogP contribution in [-0.4, -0.2) is 59.6 Å². The number of hydrogen-bond donors (Lipinski definition) is 2. The fourth-order valence-corrected chi connectivity index (χ4v) is 4.46. The van der Waals surface area contributed by atoms with Crippen LogP contribution in [0.25, 0.3) is 0 Å². The molecule has 41 heavy (non-hydrogen) atoms. The molecule has 2 amide bonds. The molecule has 2 N–H and O–H groups in total. The lowest BCUT2D eigenvalue weighted by Gasteiger charge is -2.38. The van der Waals surface area contributed by atoms with Crippen LogP contribution in [0, 0.1) is 0 Å². The minimum atomic E-state index is -1.31. The average Bonchev–Trinajstić information content (AvgIpc) is 2.99. The predicted octanol–water partition coefficient (Wildman–Crippen LogP) is 4.33. The number of benzene rings is 3. The van der Waals surface area contributed by atoms with E-state index in [-0.39, 0.29) is 32.8 Å². The van der Waals surface area contributed by atoms with Gasteiger partial charge in [0.05, 0.1) is 25.3 Å². The van der Waals surface area contributed by atoms with Crippen molar-refractivity contribution >= 4 is 18.2 Å². The smallest absolute Gasteiger partial charge is 0.412 e. The summed E-state index contributed by atoms with van der Waals surface area (Å²) in [7, 11) is 0. The van der Waals surface area contributed by atoms with Crippen molar-refractivity contribution in [1.82, 2.24) is 10.2 Å². The number of esters is 1. The lowest BCUT2D eigenvalue weighted by atomic mass is 10.0. The fraction of sp³-hybridized carbons (Fsp3) is 0.323. The number of amides is 2. The standard InChI is InChI=1S/C31H34N2O8/c1-22(34)41-28-17-26(38-21-27(28)32-30(36)39-19-23-11-5-2-6-12-23)18-33(29(35)25-15-9-4-10-16-25)31(37)40-20-24-13-7-3-8-14-24/h2-16,26-29,35H,17-21H2,1H3,(H,32,36)/t26-,27+,28+,29?/m1/s1. The van der Waals surface area contributed by atoms with Gasteiger partial charge in [-0.1, -0.05) is 91.0 Å². The van der Waals surface area contributed by atoms with E-state index < -0.39 is 42.6 Å². The van der Waals surface area contributed by atoms with E-state index in [1.54, 1.807) is 30.3 Å². The number of ether oxygens (including phenoxy) is 4. The van der Waals surface area contributed by atoms with Crippen molar-refractivity contribution in [2.75, 3.05) is 13.2 Å². The van der Waals surface area contributed by atoms with Crippen LogP contribution >= 0.6 is 0 Å². The van der Waals surface area contributed by atoms with Gasteiger partial charge in [0.2, 0.25) is 0 Å². The van der Waals surface area contributed by atoms with Gasteiger partial charge in [-0.3, -0.25) is 9.69 Å². The van der Waals surface area contributed by atoms with Gasteiger partial charge in [-0.2, -0.15) is 0 Å².